The average molecular weight is 370 g/mol. The molecule has 0 spiro atoms. The molecule has 2 aromatic carbocycles. The summed E-state index contributed by atoms with van der Waals surface area (Å²) in [5.74, 6) is 1.42. The Kier molecular flexibility index (Phi) is 6.58. The Morgan fingerprint density at radius 3 is 2.67 bits per heavy atom. The lowest BCUT2D eigenvalue weighted by atomic mass is 9.88. The van der Waals surface area contributed by atoms with Gasteiger partial charge in [-0.05, 0) is 42.6 Å². The van der Waals surface area contributed by atoms with Crippen LogP contribution >= 0.6 is 0 Å². The summed E-state index contributed by atoms with van der Waals surface area (Å²) in [6, 6.07) is 13.9. The number of benzene rings is 2. The molecular weight excluding hydrogens is 340 g/mol. The molecule has 146 valence electrons. The first-order valence-corrected chi connectivity index (χ1v) is 9.64. The number of nitrogens with two attached hydrogens (primary N) is 1. The molecule has 2 atom stereocenters. The predicted octanol–water partition coefficient (Wildman–Crippen LogP) is 3.10. The smallest absolute Gasteiger partial charge is 0.184 e. The molecule has 3 rings (SSSR count). The Hall–Kier alpha value is -2.24. The molecule has 0 aromatic heterocycles. The first-order valence-electron chi connectivity index (χ1n) is 9.64. The zero-order valence-corrected chi connectivity index (χ0v) is 16.2. The fraction of sp³-hybridized carbons (Fsp3) is 0.455. The van der Waals surface area contributed by atoms with E-state index in [-0.39, 0.29) is 12.0 Å². The number of nitrogen functional groups attached to an aromatic ring is 1. The summed E-state index contributed by atoms with van der Waals surface area (Å²) in [5, 5.41) is 10.4. The third kappa shape index (κ3) is 4.93. The zero-order valence-electron chi connectivity index (χ0n) is 16.2. The van der Waals surface area contributed by atoms with Crippen molar-refractivity contribution >= 4 is 5.69 Å². The number of hydrogen-bond donors (Lipinski definition) is 2. The third-order valence-corrected chi connectivity index (χ3v) is 5.31. The minimum Gasteiger partial charge on any atom is -0.493 e. The van der Waals surface area contributed by atoms with E-state index in [9.17, 15) is 5.11 Å². The maximum Gasteiger partial charge on any atom is 0.184 e. The molecule has 0 saturated carbocycles. The molecule has 27 heavy (non-hydrogen) atoms. The van der Waals surface area contributed by atoms with Crippen LogP contribution in [0.3, 0.4) is 0 Å². The molecule has 3 N–H and O–H groups in total. The third-order valence-electron chi connectivity index (χ3n) is 5.31. The number of piperidine rings is 1. The lowest BCUT2D eigenvalue weighted by Crippen LogP contribution is -2.43. The summed E-state index contributed by atoms with van der Waals surface area (Å²) in [5.41, 5.74) is 8.99. The minimum atomic E-state index is -0.269. The Labute approximate surface area is 161 Å². The van der Waals surface area contributed by atoms with Crippen LogP contribution in [-0.4, -0.2) is 42.9 Å². The fourth-order valence-electron chi connectivity index (χ4n) is 3.72. The molecule has 0 aliphatic carbocycles. The maximum absolute atomic E-state index is 10.4. The van der Waals surface area contributed by atoms with E-state index in [1.54, 1.807) is 7.11 Å². The molecule has 1 fully saturated rings. The standard InChI is InChI=1S/C22H30N2O3/c1-3-24-10-9-20(25)18(14-24)11-17-12-19(23)22(21(13-17)26-2)27-15-16-7-5-4-6-8-16/h4-8,12-13,18,20,25H,3,9-11,14-15,23H2,1-2H3. The van der Waals surface area contributed by atoms with Gasteiger partial charge in [0.25, 0.3) is 0 Å². The van der Waals surface area contributed by atoms with E-state index in [0.29, 0.717) is 23.8 Å². The summed E-state index contributed by atoms with van der Waals surface area (Å²) < 4.78 is 11.5. The molecule has 0 amide bonds. The summed E-state index contributed by atoms with van der Waals surface area (Å²) in [7, 11) is 1.63. The van der Waals surface area contributed by atoms with Crippen LogP contribution in [0, 0.1) is 5.92 Å². The van der Waals surface area contributed by atoms with E-state index < -0.39 is 0 Å². The van der Waals surface area contributed by atoms with Gasteiger partial charge in [-0.3, -0.25) is 0 Å². The van der Waals surface area contributed by atoms with Crippen molar-refractivity contribution in [3.8, 4) is 11.5 Å². The highest BCUT2D eigenvalue weighted by molar-refractivity contribution is 5.62. The number of anilines is 1. The average Bonchev–Trinajstić information content (AvgIpc) is 2.69. The molecule has 2 aromatic rings. The number of ether oxygens (including phenoxy) is 2. The second kappa shape index (κ2) is 9.11. The lowest BCUT2D eigenvalue weighted by Gasteiger charge is -2.35. The number of rotatable bonds is 7. The Morgan fingerprint density at radius 1 is 1.19 bits per heavy atom. The van der Waals surface area contributed by atoms with Crippen LogP contribution in [-0.2, 0) is 13.0 Å². The van der Waals surface area contributed by atoms with Crippen molar-refractivity contribution in [2.24, 2.45) is 5.92 Å². The molecule has 2 unspecified atom stereocenters. The maximum atomic E-state index is 10.4. The second-order valence-electron chi connectivity index (χ2n) is 7.20. The number of methoxy groups -OCH3 is 1. The van der Waals surface area contributed by atoms with Gasteiger partial charge < -0.3 is 25.2 Å². The van der Waals surface area contributed by atoms with Crippen molar-refractivity contribution in [1.29, 1.82) is 0 Å². The van der Waals surface area contributed by atoms with Gasteiger partial charge in [-0.1, -0.05) is 37.3 Å². The molecule has 0 radical (unpaired) electrons. The minimum absolute atomic E-state index is 0.207. The van der Waals surface area contributed by atoms with Crippen LogP contribution in [0.25, 0.3) is 0 Å². The summed E-state index contributed by atoms with van der Waals surface area (Å²) in [6.45, 7) is 5.49. The first kappa shape index (κ1) is 19.5. The second-order valence-corrected chi connectivity index (χ2v) is 7.20. The first-order chi connectivity index (χ1) is 13.1. The number of aliphatic hydroxyl groups is 1. The number of nitrogens with zero attached hydrogens (tertiary/aromatic N) is 1. The van der Waals surface area contributed by atoms with Crippen molar-refractivity contribution in [2.45, 2.75) is 32.5 Å². The highest BCUT2D eigenvalue weighted by Gasteiger charge is 2.27. The number of aliphatic hydroxyl groups excluding tert-OH is 1. The van der Waals surface area contributed by atoms with E-state index in [0.717, 1.165) is 43.6 Å². The molecule has 5 heteroatoms. The molecule has 0 bridgehead atoms. The molecule has 5 nitrogen and oxygen atoms in total. The Balaban J connectivity index is 1.73. The van der Waals surface area contributed by atoms with Gasteiger partial charge in [-0.15, -0.1) is 0 Å². The van der Waals surface area contributed by atoms with Crippen molar-refractivity contribution in [3.63, 3.8) is 0 Å². The summed E-state index contributed by atoms with van der Waals surface area (Å²) in [4.78, 5) is 2.38. The van der Waals surface area contributed by atoms with Gasteiger partial charge >= 0.3 is 0 Å². The lowest BCUT2D eigenvalue weighted by molar-refractivity contribution is 0.0290. The van der Waals surface area contributed by atoms with Crippen LogP contribution in [0.1, 0.15) is 24.5 Å². The van der Waals surface area contributed by atoms with E-state index in [1.165, 1.54) is 0 Å². The zero-order chi connectivity index (χ0) is 19.2. The van der Waals surface area contributed by atoms with Crippen molar-refractivity contribution in [2.75, 3.05) is 32.5 Å². The van der Waals surface area contributed by atoms with Gasteiger partial charge in [-0.25, -0.2) is 0 Å². The number of hydrogen-bond acceptors (Lipinski definition) is 5. The quantitative estimate of drug-likeness (QED) is 0.733. The van der Waals surface area contributed by atoms with Crippen LogP contribution < -0.4 is 15.2 Å². The molecule has 1 aliphatic heterocycles. The normalized spacial score (nSPS) is 20.4. The largest absolute Gasteiger partial charge is 0.493 e. The molecule has 1 aliphatic rings. The van der Waals surface area contributed by atoms with Crippen molar-refractivity contribution in [1.82, 2.24) is 4.90 Å². The van der Waals surface area contributed by atoms with E-state index in [4.69, 9.17) is 15.2 Å². The van der Waals surface area contributed by atoms with E-state index in [2.05, 4.69) is 11.8 Å². The number of likely N-dealkylation sites (tertiary alicyclic amines) is 1. The molecule has 1 heterocycles. The summed E-state index contributed by atoms with van der Waals surface area (Å²) >= 11 is 0. The summed E-state index contributed by atoms with van der Waals surface area (Å²) in [6.07, 6.45) is 1.33. The molecular formula is C22H30N2O3. The van der Waals surface area contributed by atoms with E-state index in [1.807, 2.05) is 42.5 Å². The highest BCUT2D eigenvalue weighted by Crippen LogP contribution is 2.36. The Morgan fingerprint density at radius 2 is 1.96 bits per heavy atom. The van der Waals surface area contributed by atoms with Crippen LogP contribution in [0.15, 0.2) is 42.5 Å². The SMILES string of the molecule is CCN1CCC(O)C(Cc2cc(N)c(OCc3ccccc3)c(OC)c2)C1. The van der Waals surface area contributed by atoms with Crippen LogP contribution in [0.5, 0.6) is 11.5 Å². The van der Waals surface area contributed by atoms with Gasteiger partial charge in [-0.2, -0.15) is 0 Å². The van der Waals surface area contributed by atoms with E-state index >= 15 is 0 Å². The highest BCUT2D eigenvalue weighted by atomic mass is 16.5. The predicted molar refractivity (Wildman–Crippen MR) is 108 cm³/mol. The fourth-order valence-corrected chi connectivity index (χ4v) is 3.72. The van der Waals surface area contributed by atoms with Gasteiger partial charge in [0.1, 0.15) is 6.61 Å². The van der Waals surface area contributed by atoms with Gasteiger partial charge in [0.15, 0.2) is 11.5 Å². The molecule has 1 saturated heterocycles. The van der Waals surface area contributed by atoms with Crippen molar-refractivity contribution in [3.05, 3.63) is 53.6 Å². The Bertz CT molecular complexity index is 736. The van der Waals surface area contributed by atoms with Crippen LogP contribution in [0.4, 0.5) is 5.69 Å². The monoisotopic (exact) mass is 370 g/mol. The van der Waals surface area contributed by atoms with Gasteiger partial charge in [0, 0.05) is 19.0 Å². The topological polar surface area (TPSA) is 68.0 Å². The van der Waals surface area contributed by atoms with Crippen LogP contribution in [0.2, 0.25) is 0 Å². The van der Waals surface area contributed by atoms with Crippen molar-refractivity contribution < 1.29 is 14.6 Å². The van der Waals surface area contributed by atoms with Gasteiger partial charge in [0.2, 0.25) is 0 Å². The van der Waals surface area contributed by atoms with Gasteiger partial charge in [0.05, 0.1) is 18.9 Å².